The van der Waals surface area contributed by atoms with Crippen molar-refractivity contribution in [2.24, 2.45) is 11.8 Å². The SMILES string of the molecule is COC(C)(C)[C@@H]1C[C@H]1C(=O)Nc1cc2cc(C3CCN([C@]4(C)COC[C@@H]4O)CC3)c(Cl)cc2cn1. The van der Waals surface area contributed by atoms with Crippen LogP contribution < -0.4 is 5.32 Å². The number of hydrogen-bond donors (Lipinski definition) is 2. The second-order valence-corrected chi connectivity index (χ2v) is 11.6. The van der Waals surface area contributed by atoms with Crippen molar-refractivity contribution in [1.29, 1.82) is 0 Å². The number of aliphatic hydroxyl groups excluding tert-OH is 1. The van der Waals surface area contributed by atoms with E-state index in [0.717, 1.165) is 53.7 Å². The summed E-state index contributed by atoms with van der Waals surface area (Å²) in [6.45, 7) is 8.92. The van der Waals surface area contributed by atoms with Crippen LogP contribution in [0.25, 0.3) is 10.8 Å². The minimum atomic E-state index is -0.448. The van der Waals surface area contributed by atoms with Crippen LogP contribution in [0.15, 0.2) is 24.4 Å². The number of pyridine rings is 1. The number of nitrogens with one attached hydrogen (secondary N) is 1. The minimum Gasteiger partial charge on any atom is -0.389 e. The van der Waals surface area contributed by atoms with E-state index < -0.39 is 6.10 Å². The van der Waals surface area contributed by atoms with Crippen molar-refractivity contribution >= 4 is 34.1 Å². The summed E-state index contributed by atoms with van der Waals surface area (Å²) in [6.07, 6.45) is 4.10. The molecule has 1 aromatic carbocycles. The molecule has 190 valence electrons. The predicted molar refractivity (Wildman–Crippen MR) is 137 cm³/mol. The molecule has 4 atom stereocenters. The van der Waals surface area contributed by atoms with Gasteiger partial charge in [-0.15, -0.1) is 0 Å². The van der Waals surface area contributed by atoms with Crippen molar-refractivity contribution in [2.45, 2.75) is 63.2 Å². The first-order valence-corrected chi connectivity index (χ1v) is 13.0. The highest BCUT2D eigenvalue weighted by Crippen LogP contribution is 2.48. The lowest BCUT2D eigenvalue weighted by Crippen LogP contribution is -2.56. The normalized spacial score (nSPS) is 30.1. The van der Waals surface area contributed by atoms with Crippen LogP contribution in [0.3, 0.4) is 0 Å². The molecular weight excluding hydrogens is 466 g/mol. The van der Waals surface area contributed by atoms with Crippen LogP contribution in [0.2, 0.25) is 5.02 Å². The fourth-order valence-corrected chi connectivity index (χ4v) is 6.17. The molecule has 1 aliphatic carbocycles. The number of amides is 1. The molecule has 3 aliphatic rings. The minimum absolute atomic E-state index is 0.000101. The lowest BCUT2D eigenvalue weighted by Gasteiger charge is -2.43. The third-order valence-corrected chi connectivity index (χ3v) is 9.01. The molecule has 2 aromatic rings. The third-order valence-electron chi connectivity index (χ3n) is 8.68. The Hall–Kier alpha value is -1.77. The number of carbonyl (C=O) groups is 1. The van der Waals surface area contributed by atoms with Crippen LogP contribution in [0, 0.1) is 11.8 Å². The van der Waals surface area contributed by atoms with Crippen molar-refractivity contribution in [3.8, 4) is 0 Å². The number of carbonyl (C=O) groups excluding carboxylic acids is 1. The monoisotopic (exact) mass is 501 g/mol. The van der Waals surface area contributed by atoms with Crippen molar-refractivity contribution in [2.75, 3.05) is 38.7 Å². The van der Waals surface area contributed by atoms with Gasteiger partial charge in [-0.3, -0.25) is 9.69 Å². The molecule has 2 aliphatic heterocycles. The smallest absolute Gasteiger partial charge is 0.229 e. The van der Waals surface area contributed by atoms with Gasteiger partial charge >= 0.3 is 0 Å². The van der Waals surface area contributed by atoms with E-state index >= 15 is 0 Å². The van der Waals surface area contributed by atoms with Gasteiger partial charge in [-0.1, -0.05) is 11.6 Å². The summed E-state index contributed by atoms with van der Waals surface area (Å²) in [5.41, 5.74) is 0.524. The molecule has 0 unspecified atom stereocenters. The molecular formula is C27H36ClN3O4. The Labute approximate surface area is 212 Å². The van der Waals surface area contributed by atoms with Gasteiger partial charge in [0.2, 0.25) is 5.91 Å². The second-order valence-electron chi connectivity index (χ2n) is 11.2. The topological polar surface area (TPSA) is 83.9 Å². The van der Waals surface area contributed by atoms with Gasteiger partial charge in [0, 0.05) is 29.6 Å². The number of aromatic nitrogens is 1. The summed E-state index contributed by atoms with van der Waals surface area (Å²) in [7, 11) is 1.69. The number of anilines is 1. The number of aliphatic hydroxyl groups is 1. The zero-order valence-electron chi connectivity index (χ0n) is 21.0. The lowest BCUT2D eigenvalue weighted by atomic mass is 9.85. The van der Waals surface area contributed by atoms with E-state index in [9.17, 15) is 9.90 Å². The standard InChI is InChI=1S/C27H36ClN3O4/c1-26(2,34-4)21-12-20(21)25(33)30-24-11-17-9-19(22(28)10-18(17)13-29-24)16-5-7-31(8-6-16)27(3)15-35-14-23(27)32/h9-11,13,16,20-21,23,32H,5-8,12,14-15H2,1-4H3,(H,29,30,33)/t20-,21-,23+,27-/m1/s1. The number of halogens is 1. The van der Waals surface area contributed by atoms with Gasteiger partial charge in [-0.2, -0.15) is 0 Å². The molecule has 0 spiro atoms. The quantitative estimate of drug-likeness (QED) is 0.616. The fraction of sp³-hybridized carbons (Fsp3) is 0.630. The number of ether oxygens (including phenoxy) is 2. The number of piperidine rings is 1. The molecule has 3 fully saturated rings. The van der Waals surface area contributed by atoms with Gasteiger partial charge in [0.15, 0.2) is 0 Å². The molecule has 3 heterocycles. The van der Waals surface area contributed by atoms with E-state index in [1.807, 2.05) is 26.0 Å². The second kappa shape index (κ2) is 9.27. The van der Waals surface area contributed by atoms with Crippen LogP contribution in [-0.4, -0.2) is 71.6 Å². The highest BCUT2D eigenvalue weighted by Gasteiger charge is 2.52. The van der Waals surface area contributed by atoms with Crippen molar-refractivity contribution in [3.05, 3.63) is 35.0 Å². The molecule has 1 aromatic heterocycles. The maximum Gasteiger partial charge on any atom is 0.229 e. The van der Waals surface area contributed by atoms with Crippen LogP contribution in [0.5, 0.6) is 0 Å². The third kappa shape index (κ3) is 4.69. The summed E-state index contributed by atoms with van der Waals surface area (Å²) in [6, 6.07) is 6.07. The van der Waals surface area contributed by atoms with Crippen LogP contribution in [-0.2, 0) is 14.3 Å². The number of likely N-dealkylation sites (tertiary alicyclic amines) is 1. The summed E-state index contributed by atoms with van der Waals surface area (Å²) in [5, 5.41) is 16.1. The summed E-state index contributed by atoms with van der Waals surface area (Å²) in [4.78, 5) is 19.6. The maximum absolute atomic E-state index is 12.8. The summed E-state index contributed by atoms with van der Waals surface area (Å²) < 4.78 is 11.1. The lowest BCUT2D eigenvalue weighted by molar-refractivity contribution is -0.118. The Morgan fingerprint density at radius 3 is 2.69 bits per heavy atom. The molecule has 5 rings (SSSR count). The molecule has 0 radical (unpaired) electrons. The Kier molecular flexibility index (Phi) is 6.60. The molecule has 1 saturated carbocycles. The number of hydrogen-bond acceptors (Lipinski definition) is 6. The van der Waals surface area contributed by atoms with Gasteiger partial charge < -0.3 is 19.9 Å². The Balaban J connectivity index is 1.28. The van der Waals surface area contributed by atoms with E-state index in [4.69, 9.17) is 21.1 Å². The fourth-order valence-electron chi connectivity index (χ4n) is 5.84. The zero-order valence-corrected chi connectivity index (χ0v) is 21.8. The van der Waals surface area contributed by atoms with E-state index in [1.165, 1.54) is 0 Å². The van der Waals surface area contributed by atoms with E-state index in [1.54, 1.807) is 13.3 Å². The Bertz CT molecular complexity index is 1120. The molecule has 0 bridgehead atoms. The summed E-state index contributed by atoms with van der Waals surface area (Å²) >= 11 is 6.71. The number of nitrogens with zero attached hydrogens (tertiary/aromatic N) is 2. The molecule has 2 saturated heterocycles. The van der Waals surface area contributed by atoms with E-state index in [-0.39, 0.29) is 28.9 Å². The first-order chi connectivity index (χ1) is 16.6. The number of benzene rings is 1. The molecule has 35 heavy (non-hydrogen) atoms. The van der Waals surface area contributed by atoms with Gasteiger partial charge in [-0.05, 0) is 94.1 Å². The average Bonchev–Trinajstić information content (AvgIpc) is 3.59. The number of rotatable bonds is 6. The largest absolute Gasteiger partial charge is 0.389 e. The summed E-state index contributed by atoms with van der Waals surface area (Å²) in [5.74, 6) is 1.10. The predicted octanol–water partition coefficient (Wildman–Crippen LogP) is 4.22. The Morgan fingerprint density at radius 2 is 2.03 bits per heavy atom. The van der Waals surface area contributed by atoms with Crippen molar-refractivity contribution < 1.29 is 19.4 Å². The van der Waals surface area contributed by atoms with Gasteiger partial charge in [0.25, 0.3) is 0 Å². The highest BCUT2D eigenvalue weighted by atomic mass is 35.5. The number of methoxy groups -OCH3 is 1. The first kappa shape index (κ1) is 24.9. The van der Waals surface area contributed by atoms with Gasteiger partial charge in [-0.25, -0.2) is 4.98 Å². The van der Waals surface area contributed by atoms with Gasteiger partial charge in [0.1, 0.15) is 5.82 Å². The zero-order chi connectivity index (χ0) is 25.0. The van der Waals surface area contributed by atoms with E-state index in [0.29, 0.717) is 24.9 Å². The average molecular weight is 502 g/mol. The van der Waals surface area contributed by atoms with Crippen LogP contribution in [0.4, 0.5) is 5.82 Å². The number of fused-ring (bicyclic) bond motifs is 1. The highest BCUT2D eigenvalue weighted by molar-refractivity contribution is 6.32. The molecule has 2 N–H and O–H groups in total. The van der Waals surface area contributed by atoms with Crippen molar-refractivity contribution in [1.82, 2.24) is 9.88 Å². The molecule has 1 amide bonds. The first-order valence-electron chi connectivity index (χ1n) is 12.6. The van der Waals surface area contributed by atoms with Gasteiger partial charge in [0.05, 0.1) is 30.5 Å². The van der Waals surface area contributed by atoms with Crippen molar-refractivity contribution in [3.63, 3.8) is 0 Å². The van der Waals surface area contributed by atoms with E-state index in [2.05, 4.69) is 28.2 Å². The Morgan fingerprint density at radius 1 is 1.29 bits per heavy atom. The molecule has 7 nitrogen and oxygen atoms in total. The van der Waals surface area contributed by atoms with Crippen LogP contribution >= 0.6 is 11.6 Å². The maximum atomic E-state index is 12.8. The van der Waals surface area contributed by atoms with Crippen LogP contribution in [0.1, 0.15) is 51.5 Å². The molecule has 8 heteroatoms.